The highest BCUT2D eigenvalue weighted by Gasteiger charge is 2.21. The molecular formula is C40H25N3S. The standard InChI is InChI=1S/C40H25N3S/c1-4-12-26(13-5-1)29-24-33(28-16-8-3-9-17-28)41-37(25-29)43-34-22-21-32(27-14-6-2-7-15-27)42-39(34)31-20-23-36-38(40(31)43)30-18-10-11-19-35(30)44-36/h1-25H. The molecule has 9 rings (SSSR count). The minimum atomic E-state index is 0.877. The van der Waals surface area contributed by atoms with Gasteiger partial charge in [-0.2, -0.15) is 0 Å². The van der Waals surface area contributed by atoms with Gasteiger partial charge in [0.2, 0.25) is 0 Å². The van der Waals surface area contributed by atoms with E-state index < -0.39 is 0 Å². The summed E-state index contributed by atoms with van der Waals surface area (Å²) in [6.07, 6.45) is 0. The van der Waals surface area contributed by atoms with Gasteiger partial charge in [-0.1, -0.05) is 109 Å². The molecule has 0 fully saturated rings. The van der Waals surface area contributed by atoms with E-state index in [-0.39, 0.29) is 0 Å². The molecule has 9 aromatic rings. The summed E-state index contributed by atoms with van der Waals surface area (Å²) in [4.78, 5) is 10.7. The van der Waals surface area contributed by atoms with Crippen LogP contribution in [-0.2, 0) is 0 Å². The van der Waals surface area contributed by atoms with E-state index in [0.717, 1.165) is 61.4 Å². The molecule has 0 aliphatic heterocycles. The van der Waals surface area contributed by atoms with Crippen LogP contribution in [0.15, 0.2) is 152 Å². The summed E-state index contributed by atoms with van der Waals surface area (Å²) in [5, 5.41) is 3.63. The number of rotatable bonds is 4. The lowest BCUT2D eigenvalue weighted by molar-refractivity contribution is 1.09. The van der Waals surface area contributed by atoms with Gasteiger partial charge < -0.3 is 0 Å². The molecule has 0 aliphatic rings. The lowest BCUT2D eigenvalue weighted by Crippen LogP contribution is -2.00. The molecule has 0 saturated heterocycles. The van der Waals surface area contributed by atoms with Crippen molar-refractivity contribution in [2.75, 3.05) is 0 Å². The number of pyridine rings is 2. The van der Waals surface area contributed by atoms with Crippen molar-refractivity contribution in [3.05, 3.63) is 152 Å². The Morgan fingerprint density at radius 1 is 0.455 bits per heavy atom. The fourth-order valence-electron chi connectivity index (χ4n) is 6.37. The van der Waals surface area contributed by atoms with E-state index in [1.54, 1.807) is 0 Å². The third-order valence-corrected chi connectivity index (χ3v) is 9.53. The average Bonchev–Trinajstić information content (AvgIpc) is 3.64. The number of hydrogen-bond acceptors (Lipinski definition) is 3. The van der Waals surface area contributed by atoms with Gasteiger partial charge in [-0.25, -0.2) is 9.97 Å². The lowest BCUT2D eigenvalue weighted by Gasteiger charge is -2.13. The Morgan fingerprint density at radius 3 is 1.86 bits per heavy atom. The normalized spacial score (nSPS) is 11.6. The third kappa shape index (κ3) is 3.96. The van der Waals surface area contributed by atoms with Crippen LogP contribution in [0.25, 0.3) is 81.6 Å². The summed E-state index contributed by atoms with van der Waals surface area (Å²) in [5.41, 5.74) is 9.54. The molecule has 0 saturated carbocycles. The van der Waals surface area contributed by atoms with Crippen LogP contribution >= 0.6 is 11.3 Å². The molecule has 0 atom stereocenters. The Morgan fingerprint density at radius 2 is 1.11 bits per heavy atom. The van der Waals surface area contributed by atoms with Gasteiger partial charge in [0.25, 0.3) is 0 Å². The van der Waals surface area contributed by atoms with E-state index in [4.69, 9.17) is 9.97 Å². The van der Waals surface area contributed by atoms with E-state index in [1.807, 2.05) is 23.5 Å². The SMILES string of the molecule is c1ccc(-c2cc(-c3ccccc3)nc(-n3c4ccc(-c5ccccc5)nc4c4ccc5sc6ccccc6c5c43)c2)cc1. The highest BCUT2D eigenvalue weighted by Crippen LogP contribution is 2.43. The zero-order valence-corrected chi connectivity index (χ0v) is 24.5. The Bertz CT molecular complexity index is 2420. The zero-order chi connectivity index (χ0) is 29.0. The quantitative estimate of drug-likeness (QED) is 0.208. The van der Waals surface area contributed by atoms with Crippen molar-refractivity contribution < 1.29 is 0 Å². The molecule has 0 bridgehead atoms. The summed E-state index contributed by atoms with van der Waals surface area (Å²) in [6, 6.07) is 53.4. The predicted octanol–water partition coefficient (Wildman–Crippen LogP) is 10.9. The van der Waals surface area contributed by atoms with Gasteiger partial charge in [0, 0.05) is 36.7 Å². The fraction of sp³-hybridized carbons (Fsp3) is 0. The molecule has 3 nitrogen and oxygen atoms in total. The average molecular weight is 580 g/mol. The van der Waals surface area contributed by atoms with Crippen LogP contribution in [0.5, 0.6) is 0 Å². The summed E-state index contributed by atoms with van der Waals surface area (Å²) in [6.45, 7) is 0. The zero-order valence-electron chi connectivity index (χ0n) is 23.7. The smallest absolute Gasteiger partial charge is 0.138 e. The van der Waals surface area contributed by atoms with Gasteiger partial charge in [-0.3, -0.25) is 4.57 Å². The number of thiophene rings is 1. The van der Waals surface area contributed by atoms with Crippen LogP contribution in [0, 0.1) is 0 Å². The predicted molar refractivity (Wildman–Crippen MR) is 186 cm³/mol. The van der Waals surface area contributed by atoms with Crippen LogP contribution in [-0.4, -0.2) is 14.5 Å². The van der Waals surface area contributed by atoms with Crippen molar-refractivity contribution in [1.29, 1.82) is 0 Å². The number of benzene rings is 5. The Kier molecular flexibility index (Phi) is 5.68. The van der Waals surface area contributed by atoms with Crippen molar-refractivity contribution in [3.63, 3.8) is 0 Å². The van der Waals surface area contributed by atoms with Crippen LogP contribution in [0.4, 0.5) is 0 Å². The van der Waals surface area contributed by atoms with E-state index >= 15 is 0 Å². The number of aromatic nitrogens is 3. The monoisotopic (exact) mass is 579 g/mol. The molecule has 0 spiro atoms. The fourth-order valence-corrected chi connectivity index (χ4v) is 7.47. The first-order valence-electron chi connectivity index (χ1n) is 14.8. The lowest BCUT2D eigenvalue weighted by atomic mass is 10.0. The molecular weight excluding hydrogens is 555 g/mol. The highest BCUT2D eigenvalue weighted by atomic mass is 32.1. The van der Waals surface area contributed by atoms with Gasteiger partial charge in [0.15, 0.2) is 0 Å². The molecule has 0 radical (unpaired) electrons. The van der Waals surface area contributed by atoms with Gasteiger partial charge in [0.1, 0.15) is 5.82 Å². The minimum Gasteiger partial charge on any atom is -0.291 e. The van der Waals surface area contributed by atoms with Gasteiger partial charge in [0.05, 0.1) is 27.9 Å². The number of nitrogens with zero attached hydrogens (tertiary/aromatic N) is 3. The topological polar surface area (TPSA) is 30.7 Å². The van der Waals surface area contributed by atoms with Crippen molar-refractivity contribution in [3.8, 4) is 39.5 Å². The van der Waals surface area contributed by atoms with Gasteiger partial charge >= 0.3 is 0 Å². The van der Waals surface area contributed by atoms with Crippen LogP contribution in [0.3, 0.4) is 0 Å². The molecule has 4 heteroatoms. The molecule has 0 unspecified atom stereocenters. The van der Waals surface area contributed by atoms with Crippen molar-refractivity contribution >= 4 is 53.4 Å². The first-order chi connectivity index (χ1) is 21.8. The maximum Gasteiger partial charge on any atom is 0.138 e. The Labute approximate surface area is 258 Å². The maximum atomic E-state index is 5.36. The molecule has 5 aromatic carbocycles. The Hall–Kier alpha value is -5.58. The molecule has 206 valence electrons. The van der Waals surface area contributed by atoms with Crippen LogP contribution in [0.1, 0.15) is 0 Å². The van der Waals surface area contributed by atoms with Crippen LogP contribution in [0.2, 0.25) is 0 Å². The van der Waals surface area contributed by atoms with Crippen LogP contribution < -0.4 is 0 Å². The molecule has 0 N–H and O–H groups in total. The van der Waals surface area contributed by atoms with E-state index in [2.05, 4.69) is 144 Å². The summed E-state index contributed by atoms with van der Waals surface area (Å²) in [5.74, 6) is 0.877. The van der Waals surface area contributed by atoms with E-state index in [0.29, 0.717) is 0 Å². The van der Waals surface area contributed by atoms with E-state index in [1.165, 1.54) is 20.2 Å². The highest BCUT2D eigenvalue weighted by molar-refractivity contribution is 7.26. The molecule has 4 heterocycles. The molecule has 0 aliphatic carbocycles. The first-order valence-corrected chi connectivity index (χ1v) is 15.6. The molecule has 0 amide bonds. The number of fused-ring (bicyclic) bond motifs is 7. The molecule has 4 aromatic heterocycles. The van der Waals surface area contributed by atoms with Gasteiger partial charge in [-0.05, 0) is 53.6 Å². The maximum absolute atomic E-state index is 5.36. The summed E-state index contributed by atoms with van der Waals surface area (Å²) < 4.78 is 4.88. The second-order valence-electron chi connectivity index (χ2n) is 11.0. The van der Waals surface area contributed by atoms with Gasteiger partial charge in [-0.15, -0.1) is 11.3 Å². The summed E-state index contributed by atoms with van der Waals surface area (Å²) in [7, 11) is 0. The first kappa shape index (κ1) is 25.0. The second kappa shape index (κ2) is 10.0. The third-order valence-electron chi connectivity index (χ3n) is 8.40. The number of hydrogen-bond donors (Lipinski definition) is 0. The Balaban J connectivity index is 1.43. The minimum absolute atomic E-state index is 0.877. The van der Waals surface area contributed by atoms with Crippen molar-refractivity contribution in [1.82, 2.24) is 14.5 Å². The largest absolute Gasteiger partial charge is 0.291 e. The molecule has 44 heavy (non-hydrogen) atoms. The van der Waals surface area contributed by atoms with Crippen molar-refractivity contribution in [2.45, 2.75) is 0 Å². The second-order valence-corrected chi connectivity index (χ2v) is 12.1. The summed E-state index contributed by atoms with van der Waals surface area (Å²) >= 11 is 1.84. The van der Waals surface area contributed by atoms with Crippen molar-refractivity contribution in [2.24, 2.45) is 0 Å². The van der Waals surface area contributed by atoms with E-state index in [9.17, 15) is 0 Å².